The number of hydrogen-bond donors (Lipinski definition) is 2. The summed E-state index contributed by atoms with van der Waals surface area (Å²) < 4.78 is 7.08. The van der Waals surface area contributed by atoms with E-state index < -0.39 is 0 Å². The van der Waals surface area contributed by atoms with Crippen LogP contribution in [0, 0.1) is 0 Å². The van der Waals surface area contributed by atoms with Crippen molar-refractivity contribution in [3.05, 3.63) is 18.0 Å². The Labute approximate surface area is 150 Å². The van der Waals surface area contributed by atoms with Gasteiger partial charge < -0.3 is 15.4 Å². The van der Waals surface area contributed by atoms with Crippen molar-refractivity contribution in [1.82, 2.24) is 20.4 Å². The number of aromatic nitrogens is 2. The molecule has 0 spiro atoms. The summed E-state index contributed by atoms with van der Waals surface area (Å²) in [6.45, 7) is 2.96. The fourth-order valence-corrected chi connectivity index (χ4v) is 3.90. The van der Waals surface area contributed by atoms with E-state index in [0.29, 0.717) is 12.5 Å². The van der Waals surface area contributed by atoms with Crippen molar-refractivity contribution in [1.29, 1.82) is 0 Å². The number of nitrogens with one attached hydrogen (secondary N) is 2. The van der Waals surface area contributed by atoms with Gasteiger partial charge in [0, 0.05) is 25.8 Å². The molecule has 1 unspecified atom stereocenters. The third-order valence-corrected chi connectivity index (χ3v) is 5.07. The van der Waals surface area contributed by atoms with Gasteiger partial charge in [0.25, 0.3) is 0 Å². The summed E-state index contributed by atoms with van der Waals surface area (Å²) in [5, 5.41) is 11.2. The molecule has 136 valence electrons. The van der Waals surface area contributed by atoms with Crippen molar-refractivity contribution in [2.45, 2.75) is 56.5 Å². The highest BCUT2D eigenvalue weighted by atomic mass is 35.5. The monoisotopic (exact) mass is 356 g/mol. The lowest BCUT2D eigenvalue weighted by Gasteiger charge is -2.29. The van der Waals surface area contributed by atoms with E-state index in [9.17, 15) is 4.79 Å². The summed E-state index contributed by atoms with van der Waals surface area (Å²) in [4.78, 5) is 12.4. The molecule has 2 fully saturated rings. The zero-order chi connectivity index (χ0) is 16.1. The molecule has 1 aliphatic carbocycles. The molecule has 2 N–H and O–H groups in total. The zero-order valence-corrected chi connectivity index (χ0v) is 15.2. The average Bonchev–Trinajstić information content (AvgIpc) is 3.18. The Bertz CT molecular complexity index is 522. The lowest BCUT2D eigenvalue weighted by molar-refractivity contribution is -0.124. The Kier molecular flexibility index (Phi) is 7.07. The number of rotatable bonds is 6. The molecular formula is C17H29ClN4O2. The van der Waals surface area contributed by atoms with E-state index in [0.717, 1.165) is 44.5 Å². The van der Waals surface area contributed by atoms with E-state index in [2.05, 4.69) is 15.7 Å². The van der Waals surface area contributed by atoms with Crippen LogP contribution in [0.15, 0.2) is 12.3 Å². The molecule has 7 heteroatoms. The van der Waals surface area contributed by atoms with Gasteiger partial charge in [0.05, 0.1) is 17.8 Å². The van der Waals surface area contributed by atoms with Crippen LogP contribution in [-0.2, 0) is 16.1 Å². The summed E-state index contributed by atoms with van der Waals surface area (Å²) in [5.74, 6) is 0.503. The number of ether oxygens (including phenoxy) is 1. The lowest BCUT2D eigenvalue weighted by atomic mass is 9.97. The molecule has 1 saturated heterocycles. The molecule has 3 rings (SSSR count). The molecule has 0 aromatic carbocycles. The maximum Gasteiger partial charge on any atom is 0.242 e. The van der Waals surface area contributed by atoms with Crippen LogP contribution in [0.2, 0.25) is 0 Å². The van der Waals surface area contributed by atoms with Gasteiger partial charge in [0.15, 0.2) is 0 Å². The first-order valence-corrected chi connectivity index (χ1v) is 8.75. The summed E-state index contributed by atoms with van der Waals surface area (Å²) in [7, 11) is 1.70. The van der Waals surface area contributed by atoms with Crippen molar-refractivity contribution < 1.29 is 9.53 Å². The summed E-state index contributed by atoms with van der Waals surface area (Å²) in [6.07, 6.45) is 8.61. The van der Waals surface area contributed by atoms with E-state index in [1.807, 2.05) is 12.3 Å². The highest BCUT2D eigenvalue weighted by Crippen LogP contribution is 2.29. The standard InChI is InChI=1S/C17H28N4O2.ClH/c1-23-13-17(7-2-3-8-17)19-16(22)12-21-10-6-15(20-21)14-5-4-9-18-11-14;/h6,10,14,18H,2-5,7-9,11-13H2,1H3,(H,19,22);1H. The normalized spacial score (nSPS) is 22.8. The number of nitrogens with zero attached hydrogens (tertiary/aromatic N) is 2. The molecule has 1 aliphatic heterocycles. The summed E-state index contributed by atoms with van der Waals surface area (Å²) in [6, 6.07) is 2.05. The maximum atomic E-state index is 12.4. The molecule has 6 nitrogen and oxygen atoms in total. The minimum atomic E-state index is -0.172. The van der Waals surface area contributed by atoms with Gasteiger partial charge in [-0.1, -0.05) is 12.8 Å². The van der Waals surface area contributed by atoms with Gasteiger partial charge in [-0.3, -0.25) is 9.48 Å². The molecule has 24 heavy (non-hydrogen) atoms. The molecule has 0 radical (unpaired) electrons. The Morgan fingerprint density at radius 3 is 2.92 bits per heavy atom. The topological polar surface area (TPSA) is 68.2 Å². The number of methoxy groups -OCH3 is 1. The van der Waals surface area contributed by atoms with Crippen molar-refractivity contribution >= 4 is 18.3 Å². The molecule has 1 saturated carbocycles. The van der Waals surface area contributed by atoms with E-state index in [-0.39, 0.29) is 30.4 Å². The quantitative estimate of drug-likeness (QED) is 0.816. The van der Waals surface area contributed by atoms with Gasteiger partial charge in [-0.25, -0.2) is 0 Å². The van der Waals surface area contributed by atoms with Gasteiger partial charge in [0.1, 0.15) is 6.54 Å². The highest BCUT2D eigenvalue weighted by Gasteiger charge is 2.35. The second-order valence-electron chi connectivity index (χ2n) is 6.95. The molecule has 2 aliphatic rings. The maximum absolute atomic E-state index is 12.4. The van der Waals surface area contributed by atoms with Crippen LogP contribution in [0.25, 0.3) is 0 Å². The first kappa shape index (κ1) is 19.2. The molecule has 1 amide bonds. The number of carbonyl (C=O) groups excluding carboxylic acids is 1. The third kappa shape index (κ3) is 4.71. The van der Waals surface area contributed by atoms with Crippen LogP contribution < -0.4 is 10.6 Å². The van der Waals surface area contributed by atoms with Crippen LogP contribution in [0.3, 0.4) is 0 Å². The van der Waals surface area contributed by atoms with Crippen molar-refractivity contribution in [3.63, 3.8) is 0 Å². The number of piperidine rings is 1. The van der Waals surface area contributed by atoms with Crippen molar-refractivity contribution in [2.24, 2.45) is 0 Å². The van der Waals surface area contributed by atoms with Gasteiger partial charge in [0.2, 0.25) is 5.91 Å². The van der Waals surface area contributed by atoms with Crippen LogP contribution >= 0.6 is 12.4 Å². The van der Waals surface area contributed by atoms with Crippen molar-refractivity contribution in [3.8, 4) is 0 Å². The van der Waals surface area contributed by atoms with E-state index in [4.69, 9.17) is 4.74 Å². The predicted molar refractivity (Wildman–Crippen MR) is 95.5 cm³/mol. The van der Waals surface area contributed by atoms with Gasteiger partial charge in [-0.15, -0.1) is 12.4 Å². The number of amides is 1. The Morgan fingerprint density at radius 1 is 1.46 bits per heavy atom. The molecule has 1 aromatic heterocycles. The third-order valence-electron chi connectivity index (χ3n) is 5.07. The predicted octanol–water partition coefficient (Wildman–Crippen LogP) is 1.85. The van der Waals surface area contributed by atoms with E-state index in [1.54, 1.807) is 11.8 Å². The minimum Gasteiger partial charge on any atom is -0.382 e. The smallest absolute Gasteiger partial charge is 0.242 e. The van der Waals surface area contributed by atoms with Crippen LogP contribution in [-0.4, -0.2) is 48.0 Å². The van der Waals surface area contributed by atoms with Gasteiger partial charge in [-0.05, 0) is 38.3 Å². The van der Waals surface area contributed by atoms with Crippen LogP contribution in [0.5, 0.6) is 0 Å². The zero-order valence-electron chi connectivity index (χ0n) is 14.4. The summed E-state index contributed by atoms with van der Waals surface area (Å²) >= 11 is 0. The first-order valence-electron chi connectivity index (χ1n) is 8.75. The average molecular weight is 357 g/mol. The molecular weight excluding hydrogens is 328 g/mol. The minimum absolute atomic E-state index is 0. The Hall–Kier alpha value is -1.11. The van der Waals surface area contributed by atoms with Gasteiger partial charge in [-0.2, -0.15) is 5.10 Å². The van der Waals surface area contributed by atoms with E-state index in [1.165, 1.54) is 12.8 Å². The fourth-order valence-electron chi connectivity index (χ4n) is 3.90. The second kappa shape index (κ2) is 8.83. The number of halogens is 1. The Balaban J connectivity index is 0.00000208. The molecule has 0 bridgehead atoms. The van der Waals surface area contributed by atoms with E-state index >= 15 is 0 Å². The lowest BCUT2D eigenvalue weighted by Crippen LogP contribution is -2.50. The highest BCUT2D eigenvalue weighted by molar-refractivity contribution is 5.85. The number of carbonyl (C=O) groups is 1. The number of hydrogen-bond acceptors (Lipinski definition) is 4. The second-order valence-corrected chi connectivity index (χ2v) is 6.95. The summed E-state index contributed by atoms with van der Waals surface area (Å²) in [5.41, 5.74) is 0.923. The van der Waals surface area contributed by atoms with Crippen molar-refractivity contribution in [2.75, 3.05) is 26.8 Å². The first-order chi connectivity index (χ1) is 11.2. The van der Waals surface area contributed by atoms with Crippen LogP contribution in [0.4, 0.5) is 0 Å². The SMILES string of the molecule is COCC1(NC(=O)Cn2ccc(C3CCCNC3)n2)CCCC1.Cl. The van der Waals surface area contributed by atoms with Gasteiger partial charge >= 0.3 is 0 Å². The van der Waals surface area contributed by atoms with Crippen LogP contribution in [0.1, 0.15) is 50.1 Å². The largest absolute Gasteiger partial charge is 0.382 e. The molecule has 1 aromatic rings. The molecule has 1 atom stereocenters. The fraction of sp³-hybridized carbons (Fsp3) is 0.765. The molecule has 2 heterocycles. The Morgan fingerprint density at radius 2 is 2.25 bits per heavy atom.